The third-order valence-corrected chi connectivity index (χ3v) is 5.69. The molecule has 0 aromatic rings. The van der Waals surface area contributed by atoms with Gasteiger partial charge in [-0.3, -0.25) is 33.6 Å². The summed E-state index contributed by atoms with van der Waals surface area (Å²) in [6.07, 6.45) is -1.15. The van der Waals surface area contributed by atoms with Crippen LogP contribution in [0.15, 0.2) is 0 Å². The molecule has 0 aliphatic heterocycles. The van der Waals surface area contributed by atoms with Gasteiger partial charge in [0.2, 0.25) is 11.8 Å². The second kappa shape index (κ2) is 18.0. The van der Waals surface area contributed by atoms with Crippen LogP contribution in [-0.2, 0) is 38.4 Å². The Kier molecular flexibility index (Phi) is 16.4. The number of amides is 4. The second-order valence-electron chi connectivity index (χ2n) is 7.95. The molecule has 0 heterocycles. The molecule has 0 aliphatic carbocycles. The third kappa shape index (κ3) is 12.8. The molecule has 39 heavy (non-hydrogen) atoms. The average Bonchev–Trinajstić information content (AvgIpc) is 2.88. The zero-order valence-electron chi connectivity index (χ0n) is 20.6. The SMILES string of the molecule is NC(CCC(=O)NC(CS)C(=O)N(CC(=O)O)N(CC=O)C(=O)[C@H](CS)NC(=O)CC[C@H](N)C(=O)O)C(=O)O. The van der Waals surface area contributed by atoms with E-state index in [1.54, 1.807) is 0 Å². The molecule has 4 atom stereocenters. The number of carboxylic acid groups (broad SMARTS) is 3. The fourth-order valence-corrected chi connectivity index (χ4v) is 3.37. The zero-order valence-corrected chi connectivity index (χ0v) is 22.4. The lowest BCUT2D eigenvalue weighted by atomic mass is 10.1. The van der Waals surface area contributed by atoms with Gasteiger partial charge in [0.15, 0.2) is 0 Å². The number of nitrogens with two attached hydrogens (primary N) is 2. The van der Waals surface area contributed by atoms with E-state index in [4.69, 9.17) is 21.7 Å². The highest BCUT2D eigenvalue weighted by atomic mass is 32.1. The van der Waals surface area contributed by atoms with Crippen molar-refractivity contribution in [3.8, 4) is 0 Å². The van der Waals surface area contributed by atoms with E-state index in [1.807, 2.05) is 0 Å². The first kappa shape index (κ1) is 35.6. The summed E-state index contributed by atoms with van der Waals surface area (Å²) in [5.41, 5.74) is 10.7. The molecule has 19 heteroatoms. The number of carbonyl (C=O) groups excluding carboxylic acids is 5. The molecule has 0 aliphatic rings. The van der Waals surface area contributed by atoms with Gasteiger partial charge >= 0.3 is 17.9 Å². The van der Waals surface area contributed by atoms with Gasteiger partial charge in [-0.2, -0.15) is 25.3 Å². The molecule has 0 fully saturated rings. The number of carbonyl (C=O) groups is 8. The van der Waals surface area contributed by atoms with E-state index in [9.17, 15) is 43.5 Å². The number of hydrogen-bond donors (Lipinski definition) is 9. The lowest BCUT2D eigenvalue weighted by Gasteiger charge is -2.36. The van der Waals surface area contributed by atoms with Gasteiger partial charge in [-0.25, -0.2) is 10.0 Å². The molecule has 9 N–H and O–H groups in total. The molecule has 0 rings (SSSR count). The molecule has 0 aromatic heterocycles. The van der Waals surface area contributed by atoms with Crippen LogP contribution in [0.4, 0.5) is 0 Å². The molecular formula is C20H32N6O11S2. The first-order valence-electron chi connectivity index (χ1n) is 11.2. The van der Waals surface area contributed by atoms with E-state index in [2.05, 4.69) is 35.9 Å². The molecule has 4 amide bonds. The van der Waals surface area contributed by atoms with Gasteiger partial charge in [0, 0.05) is 24.3 Å². The zero-order chi connectivity index (χ0) is 30.3. The van der Waals surface area contributed by atoms with Crippen LogP contribution in [0, 0.1) is 0 Å². The van der Waals surface area contributed by atoms with Gasteiger partial charge in [0.1, 0.15) is 37.0 Å². The minimum Gasteiger partial charge on any atom is -0.480 e. The van der Waals surface area contributed by atoms with Crippen molar-refractivity contribution >= 4 is 73.1 Å². The Bertz CT molecular complexity index is 938. The summed E-state index contributed by atoms with van der Waals surface area (Å²) in [7, 11) is 0. The maximum absolute atomic E-state index is 13.2. The molecule has 0 saturated heterocycles. The van der Waals surface area contributed by atoms with Crippen LogP contribution < -0.4 is 22.1 Å². The third-order valence-electron chi connectivity index (χ3n) is 4.96. The summed E-state index contributed by atoms with van der Waals surface area (Å²) < 4.78 is 0. The monoisotopic (exact) mass is 596 g/mol. The summed E-state index contributed by atoms with van der Waals surface area (Å²) in [5.74, 6) is -8.94. The standard InChI is InChI=1S/C20H32N6O11S2/c21-10(19(34)35)1-3-14(28)23-12(8-38)17(32)25(5-6-27)26(7-16(30)31)18(33)13(9-39)24-15(29)4-2-11(22)20(36)37/h6,10-13,38-39H,1-5,7-9,21-22H2,(H,23,28)(H,24,29)(H,30,31)(H,34,35)(H,36,37)/t10-,11?,12-,13?/m0/s1. The first-order valence-corrected chi connectivity index (χ1v) is 12.5. The van der Waals surface area contributed by atoms with Crippen LogP contribution in [0.2, 0.25) is 0 Å². The second-order valence-corrected chi connectivity index (χ2v) is 8.68. The van der Waals surface area contributed by atoms with Crippen molar-refractivity contribution in [2.24, 2.45) is 11.5 Å². The summed E-state index contributed by atoms with van der Waals surface area (Å²) in [6.45, 7) is -1.97. The van der Waals surface area contributed by atoms with Crippen LogP contribution in [0.1, 0.15) is 25.7 Å². The van der Waals surface area contributed by atoms with Crippen LogP contribution in [0.25, 0.3) is 0 Å². The summed E-state index contributed by atoms with van der Waals surface area (Å²) in [4.78, 5) is 95.3. The Morgan fingerprint density at radius 3 is 1.44 bits per heavy atom. The Labute approximate surface area is 233 Å². The highest BCUT2D eigenvalue weighted by Gasteiger charge is 2.36. The Morgan fingerprint density at radius 1 is 0.744 bits per heavy atom. The number of nitrogens with zero attached hydrogens (tertiary/aromatic N) is 2. The predicted octanol–water partition coefficient (Wildman–Crippen LogP) is -3.94. The van der Waals surface area contributed by atoms with Gasteiger partial charge in [-0.15, -0.1) is 0 Å². The Hall–Kier alpha value is -3.42. The number of aliphatic carboxylic acids is 3. The minimum atomic E-state index is -1.60. The van der Waals surface area contributed by atoms with Gasteiger partial charge < -0.3 is 42.2 Å². The lowest BCUT2D eigenvalue weighted by Crippen LogP contribution is -2.62. The van der Waals surface area contributed by atoms with Gasteiger partial charge in [0.25, 0.3) is 11.8 Å². The van der Waals surface area contributed by atoms with Crippen LogP contribution in [0.5, 0.6) is 0 Å². The van der Waals surface area contributed by atoms with Crippen LogP contribution in [0.3, 0.4) is 0 Å². The highest BCUT2D eigenvalue weighted by Crippen LogP contribution is 2.09. The smallest absolute Gasteiger partial charge is 0.325 e. The van der Waals surface area contributed by atoms with Crippen molar-refractivity contribution < 1.29 is 53.7 Å². The fraction of sp³-hybridized carbons (Fsp3) is 0.600. The van der Waals surface area contributed by atoms with Crippen LogP contribution >= 0.6 is 25.3 Å². The van der Waals surface area contributed by atoms with Crippen LogP contribution in [-0.4, -0.2) is 122 Å². The topological polar surface area (TPSA) is 280 Å². The molecular weight excluding hydrogens is 564 g/mol. The molecule has 0 radical (unpaired) electrons. The maximum Gasteiger partial charge on any atom is 0.325 e. The number of rotatable bonds is 18. The maximum atomic E-state index is 13.2. The molecule has 0 saturated carbocycles. The lowest BCUT2D eigenvalue weighted by molar-refractivity contribution is -0.171. The van der Waals surface area contributed by atoms with Gasteiger partial charge in [0.05, 0.1) is 6.54 Å². The number of hydrogen-bond acceptors (Lipinski definition) is 12. The van der Waals surface area contributed by atoms with E-state index >= 15 is 0 Å². The fourth-order valence-electron chi connectivity index (χ4n) is 2.87. The molecule has 220 valence electrons. The number of aldehydes is 1. The average molecular weight is 597 g/mol. The van der Waals surface area contributed by atoms with E-state index in [1.165, 1.54) is 0 Å². The summed E-state index contributed by atoms with van der Waals surface area (Å²) in [6, 6.07) is -5.68. The van der Waals surface area contributed by atoms with E-state index < -0.39 is 91.6 Å². The minimum absolute atomic E-state index is 0.185. The number of carboxylic acids is 3. The van der Waals surface area contributed by atoms with Crippen molar-refractivity contribution in [2.45, 2.75) is 49.9 Å². The predicted molar refractivity (Wildman–Crippen MR) is 138 cm³/mol. The van der Waals surface area contributed by atoms with Crippen molar-refractivity contribution in [3.63, 3.8) is 0 Å². The van der Waals surface area contributed by atoms with Gasteiger partial charge in [-0.05, 0) is 12.8 Å². The van der Waals surface area contributed by atoms with Crippen molar-refractivity contribution in [1.29, 1.82) is 0 Å². The summed E-state index contributed by atoms with van der Waals surface area (Å²) in [5, 5.41) is 32.3. The number of thiol groups is 2. The first-order chi connectivity index (χ1) is 18.2. The van der Waals surface area contributed by atoms with Crippen molar-refractivity contribution in [3.05, 3.63) is 0 Å². The largest absolute Gasteiger partial charge is 0.480 e. The molecule has 0 spiro atoms. The molecule has 2 unspecified atom stereocenters. The number of hydrazine groups is 1. The molecule has 0 aromatic carbocycles. The number of nitrogens with one attached hydrogen (secondary N) is 2. The summed E-state index contributed by atoms with van der Waals surface area (Å²) >= 11 is 7.94. The normalized spacial score (nSPS) is 13.6. The molecule has 0 bridgehead atoms. The van der Waals surface area contributed by atoms with Gasteiger partial charge in [-0.1, -0.05) is 0 Å². The van der Waals surface area contributed by atoms with Crippen molar-refractivity contribution in [2.75, 3.05) is 24.6 Å². The van der Waals surface area contributed by atoms with E-state index in [0.717, 1.165) is 0 Å². The quantitative estimate of drug-likeness (QED) is 0.0415. The Morgan fingerprint density at radius 2 is 1.13 bits per heavy atom. The van der Waals surface area contributed by atoms with Crippen molar-refractivity contribution in [1.82, 2.24) is 20.7 Å². The van der Waals surface area contributed by atoms with E-state index in [0.29, 0.717) is 10.0 Å². The molecule has 17 nitrogen and oxygen atoms in total. The Balaban J connectivity index is 5.81. The van der Waals surface area contributed by atoms with E-state index in [-0.39, 0.29) is 30.6 Å². The highest BCUT2D eigenvalue weighted by molar-refractivity contribution is 7.80.